The van der Waals surface area contributed by atoms with Crippen molar-refractivity contribution in [1.29, 1.82) is 0 Å². The number of hydrogen-bond acceptors (Lipinski definition) is 5. The molecule has 26 heavy (non-hydrogen) atoms. The molecule has 1 aliphatic heterocycles. The molecular weight excluding hydrogens is 328 g/mol. The summed E-state index contributed by atoms with van der Waals surface area (Å²) in [6.45, 7) is 6.07. The minimum atomic E-state index is -0.244. The van der Waals surface area contributed by atoms with Crippen molar-refractivity contribution in [2.24, 2.45) is 5.41 Å². The number of ether oxygens (including phenoxy) is 2. The molecule has 1 aromatic carbocycles. The quantitative estimate of drug-likeness (QED) is 0.792. The zero-order chi connectivity index (χ0) is 18.1. The van der Waals surface area contributed by atoms with E-state index >= 15 is 0 Å². The van der Waals surface area contributed by atoms with Crippen LogP contribution in [0.1, 0.15) is 30.9 Å². The van der Waals surface area contributed by atoms with Crippen LogP contribution in [0.5, 0.6) is 0 Å². The van der Waals surface area contributed by atoms with E-state index in [9.17, 15) is 0 Å². The molecule has 6 heteroatoms. The van der Waals surface area contributed by atoms with Crippen LogP contribution in [0.25, 0.3) is 0 Å². The van der Waals surface area contributed by atoms with Crippen molar-refractivity contribution in [3.8, 4) is 11.8 Å². The van der Waals surface area contributed by atoms with Gasteiger partial charge in [0, 0.05) is 23.7 Å². The van der Waals surface area contributed by atoms with Gasteiger partial charge in [0.05, 0.1) is 26.0 Å². The second kappa shape index (κ2) is 6.75. The Morgan fingerprint density at radius 3 is 2.77 bits per heavy atom. The van der Waals surface area contributed by atoms with Crippen molar-refractivity contribution >= 4 is 11.5 Å². The molecule has 0 N–H and O–H groups in total. The summed E-state index contributed by atoms with van der Waals surface area (Å²) in [4.78, 5) is 2.03. The Balaban J connectivity index is 1.45. The molecule has 0 atom stereocenters. The lowest BCUT2D eigenvalue weighted by Gasteiger charge is -2.29. The normalized spacial score (nSPS) is 18.4. The standard InChI is InChI=1S/C20H24N4O2/c1-4-5-16-7-6-15(2)17(10-16)23(3)18-11-24(22-21-18)12-19-25-13-20(8-9-20)14-26-19/h6-7,10-11,19H,8-9,12-14H2,1-3H3. The monoisotopic (exact) mass is 352 g/mol. The van der Waals surface area contributed by atoms with Gasteiger partial charge >= 0.3 is 0 Å². The van der Waals surface area contributed by atoms with E-state index in [1.165, 1.54) is 12.8 Å². The highest BCUT2D eigenvalue weighted by molar-refractivity contribution is 5.64. The van der Waals surface area contributed by atoms with Gasteiger partial charge in [-0.25, -0.2) is 4.68 Å². The summed E-state index contributed by atoms with van der Waals surface area (Å²) < 4.78 is 13.5. The van der Waals surface area contributed by atoms with Crippen LogP contribution in [0.2, 0.25) is 0 Å². The highest BCUT2D eigenvalue weighted by Crippen LogP contribution is 2.48. The average molecular weight is 352 g/mol. The first-order chi connectivity index (χ1) is 12.6. The number of rotatable bonds is 4. The molecule has 0 radical (unpaired) electrons. The van der Waals surface area contributed by atoms with Crippen LogP contribution >= 0.6 is 0 Å². The molecule has 1 spiro atoms. The lowest BCUT2D eigenvalue weighted by atomic mass is 10.1. The Kier molecular flexibility index (Phi) is 4.43. The summed E-state index contributed by atoms with van der Waals surface area (Å²) >= 11 is 0. The molecule has 2 aliphatic rings. The highest BCUT2D eigenvalue weighted by atomic mass is 16.7. The van der Waals surface area contributed by atoms with Crippen LogP contribution < -0.4 is 4.90 Å². The van der Waals surface area contributed by atoms with Gasteiger partial charge in [-0.3, -0.25) is 0 Å². The molecule has 4 rings (SSSR count). The Morgan fingerprint density at radius 1 is 1.31 bits per heavy atom. The molecule has 1 aromatic heterocycles. The first-order valence-corrected chi connectivity index (χ1v) is 8.99. The maximum absolute atomic E-state index is 5.84. The van der Waals surface area contributed by atoms with Crippen LogP contribution in [-0.2, 0) is 16.0 Å². The van der Waals surface area contributed by atoms with Gasteiger partial charge < -0.3 is 14.4 Å². The van der Waals surface area contributed by atoms with E-state index in [0.29, 0.717) is 12.0 Å². The Hall–Kier alpha value is -2.36. The van der Waals surface area contributed by atoms with Gasteiger partial charge in [0.2, 0.25) is 0 Å². The van der Waals surface area contributed by atoms with Crippen LogP contribution in [0, 0.1) is 24.2 Å². The zero-order valence-electron chi connectivity index (χ0n) is 15.5. The maximum Gasteiger partial charge on any atom is 0.177 e. The third kappa shape index (κ3) is 3.46. The van der Waals surface area contributed by atoms with E-state index in [2.05, 4.69) is 41.2 Å². The van der Waals surface area contributed by atoms with Crippen molar-refractivity contribution in [3.63, 3.8) is 0 Å². The molecule has 1 aliphatic carbocycles. The van der Waals surface area contributed by atoms with Crippen LogP contribution in [0.15, 0.2) is 24.4 Å². The molecule has 0 bridgehead atoms. The lowest BCUT2D eigenvalue weighted by molar-refractivity contribution is -0.213. The first kappa shape index (κ1) is 17.1. The number of anilines is 2. The van der Waals surface area contributed by atoms with E-state index in [-0.39, 0.29) is 6.29 Å². The summed E-state index contributed by atoms with van der Waals surface area (Å²) in [5, 5.41) is 8.54. The van der Waals surface area contributed by atoms with Crippen LogP contribution in [-0.4, -0.2) is 41.5 Å². The Morgan fingerprint density at radius 2 is 2.08 bits per heavy atom. The third-order valence-corrected chi connectivity index (χ3v) is 5.15. The summed E-state index contributed by atoms with van der Waals surface area (Å²) in [6, 6.07) is 6.19. The van der Waals surface area contributed by atoms with Crippen molar-refractivity contribution in [2.45, 2.75) is 39.5 Å². The maximum atomic E-state index is 5.84. The molecule has 2 aromatic rings. The van der Waals surface area contributed by atoms with Gasteiger partial charge in [-0.2, -0.15) is 0 Å². The molecule has 6 nitrogen and oxygen atoms in total. The van der Waals surface area contributed by atoms with Crippen LogP contribution in [0.4, 0.5) is 11.5 Å². The number of aryl methyl sites for hydroxylation is 1. The van der Waals surface area contributed by atoms with Crippen LogP contribution in [0.3, 0.4) is 0 Å². The third-order valence-electron chi connectivity index (χ3n) is 5.15. The van der Waals surface area contributed by atoms with E-state index in [4.69, 9.17) is 9.47 Å². The molecule has 0 unspecified atom stereocenters. The van der Waals surface area contributed by atoms with Crippen molar-refractivity contribution < 1.29 is 9.47 Å². The predicted octanol–water partition coefficient (Wildman–Crippen LogP) is 2.88. The topological polar surface area (TPSA) is 52.4 Å². The second-order valence-corrected chi connectivity index (χ2v) is 7.29. The van der Waals surface area contributed by atoms with Crippen molar-refractivity contribution in [2.75, 3.05) is 25.2 Å². The summed E-state index contributed by atoms with van der Waals surface area (Å²) in [7, 11) is 1.99. The van der Waals surface area contributed by atoms with Gasteiger partial charge in [-0.05, 0) is 44.4 Å². The molecule has 0 amide bonds. The molecule has 2 heterocycles. The predicted molar refractivity (Wildman–Crippen MR) is 99.2 cm³/mol. The van der Waals surface area contributed by atoms with Crippen molar-refractivity contribution in [1.82, 2.24) is 15.0 Å². The van der Waals surface area contributed by atoms with Gasteiger partial charge in [0.15, 0.2) is 12.1 Å². The fraction of sp³-hybridized carbons (Fsp3) is 0.500. The largest absolute Gasteiger partial charge is 0.350 e. The van der Waals surface area contributed by atoms with E-state index in [1.807, 2.05) is 31.1 Å². The minimum absolute atomic E-state index is 0.244. The molecule has 1 saturated heterocycles. The summed E-state index contributed by atoms with van der Waals surface area (Å²) in [5.41, 5.74) is 3.54. The summed E-state index contributed by atoms with van der Waals surface area (Å²) in [5.74, 6) is 6.82. The van der Waals surface area contributed by atoms with Gasteiger partial charge in [0.1, 0.15) is 0 Å². The smallest absolute Gasteiger partial charge is 0.177 e. The second-order valence-electron chi connectivity index (χ2n) is 7.29. The molecule has 136 valence electrons. The fourth-order valence-electron chi connectivity index (χ4n) is 3.20. The van der Waals surface area contributed by atoms with Gasteiger partial charge in [-0.1, -0.05) is 17.2 Å². The number of benzene rings is 1. The van der Waals surface area contributed by atoms with Gasteiger partial charge in [-0.15, -0.1) is 11.0 Å². The SMILES string of the molecule is CC#Cc1ccc(C)c(N(C)c2cn(CC3OCC4(CC4)CO3)nn2)c1. The Bertz CT molecular complexity index is 850. The zero-order valence-corrected chi connectivity index (χ0v) is 15.5. The molecular formula is C20H24N4O2. The lowest BCUT2D eigenvalue weighted by Crippen LogP contribution is -2.36. The van der Waals surface area contributed by atoms with E-state index in [1.54, 1.807) is 4.68 Å². The van der Waals surface area contributed by atoms with Gasteiger partial charge in [0.25, 0.3) is 0 Å². The highest BCUT2D eigenvalue weighted by Gasteiger charge is 2.46. The number of aromatic nitrogens is 3. The van der Waals surface area contributed by atoms with E-state index in [0.717, 1.165) is 35.8 Å². The minimum Gasteiger partial charge on any atom is -0.350 e. The number of hydrogen-bond donors (Lipinski definition) is 0. The fourth-order valence-corrected chi connectivity index (χ4v) is 3.20. The summed E-state index contributed by atoms with van der Waals surface area (Å²) in [6.07, 6.45) is 4.12. The average Bonchev–Trinajstić information content (AvgIpc) is 3.24. The molecule has 1 saturated carbocycles. The Labute approximate surface area is 154 Å². The van der Waals surface area contributed by atoms with Crippen molar-refractivity contribution in [3.05, 3.63) is 35.5 Å². The number of nitrogens with zero attached hydrogens (tertiary/aromatic N) is 4. The first-order valence-electron chi connectivity index (χ1n) is 8.99. The molecule has 2 fully saturated rings. The van der Waals surface area contributed by atoms with E-state index < -0.39 is 0 Å².